The van der Waals surface area contributed by atoms with Gasteiger partial charge in [-0.3, -0.25) is 15.2 Å². The van der Waals surface area contributed by atoms with Gasteiger partial charge >= 0.3 is 5.69 Å². The summed E-state index contributed by atoms with van der Waals surface area (Å²) in [7, 11) is 1.53. The second kappa shape index (κ2) is 8.81. The first-order valence-electron chi connectivity index (χ1n) is 10.1. The lowest BCUT2D eigenvalue weighted by atomic mass is 10.1. The van der Waals surface area contributed by atoms with Crippen molar-refractivity contribution in [2.45, 2.75) is 13.3 Å². The number of aromatic amines is 1. The summed E-state index contributed by atoms with van der Waals surface area (Å²) in [6, 6.07) is 20.1. The van der Waals surface area contributed by atoms with Gasteiger partial charge in [0.1, 0.15) is 11.3 Å². The van der Waals surface area contributed by atoms with Gasteiger partial charge in [-0.05, 0) is 42.1 Å². The van der Waals surface area contributed by atoms with Gasteiger partial charge in [0.05, 0.1) is 24.2 Å². The summed E-state index contributed by atoms with van der Waals surface area (Å²) in [4.78, 5) is 27.3. The van der Waals surface area contributed by atoms with Gasteiger partial charge in [0.2, 0.25) is 5.88 Å². The van der Waals surface area contributed by atoms with Crippen molar-refractivity contribution >= 4 is 22.2 Å². The third kappa shape index (κ3) is 3.85. The number of anilines is 1. The predicted molar refractivity (Wildman–Crippen MR) is 125 cm³/mol. The first kappa shape index (κ1) is 20.9. The van der Waals surface area contributed by atoms with Gasteiger partial charge < -0.3 is 9.84 Å². The average molecular weight is 430 g/mol. The molecule has 0 atom stereocenters. The number of hydrogen-bond acceptors (Lipinski definition) is 6. The van der Waals surface area contributed by atoms with Gasteiger partial charge in [-0.25, -0.2) is 9.36 Å². The monoisotopic (exact) mass is 430 g/mol. The minimum atomic E-state index is -0.751. The number of hydrazone groups is 1. The molecule has 8 nitrogen and oxygen atoms in total. The molecule has 4 aromatic rings. The Hall–Kier alpha value is -4.33. The van der Waals surface area contributed by atoms with Crippen LogP contribution in [0.15, 0.2) is 81.4 Å². The lowest BCUT2D eigenvalue weighted by molar-refractivity contribution is 0.414. The number of H-pyrrole nitrogens is 1. The number of aromatic nitrogens is 2. The van der Waals surface area contributed by atoms with E-state index in [1.165, 1.54) is 7.11 Å². The molecule has 0 unspecified atom stereocenters. The standard InChI is InChI=1S/C24H22N4O4/c1-3-19(26-27-20-10-6-8-15-7-4-5-9-18(15)20)21-22(29)25-24(31)28(23(21)30)16-11-13-17(32-2)14-12-16/h4-14,27,30H,3H2,1-2H3,(H,25,29,31)/b26-19+. The molecule has 1 heterocycles. The number of aromatic hydroxyl groups is 1. The Morgan fingerprint density at radius 3 is 2.50 bits per heavy atom. The van der Waals surface area contributed by atoms with Crippen molar-refractivity contribution in [1.82, 2.24) is 9.55 Å². The highest BCUT2D eigenvalue weighted by Crippen LogP contribution is 2.24. The molecule has 0 amide bonds. The van der Waals surface area contributed by atoms with Crippen molar-refractivity contribution in [3.63, 3.8) is 0 Å². The molecule has 1 aromatic heterocycles. The molecule has 3 N–H and O–H groups in total. The number of methoxy groups -OCH3 is 1. The van der Waals surface area contributed by atoms with Crippen molar-refractivity contribution in [3.05, 3.63) is 93.1 Å². The van der Waals surface area contributed by atoms with E-state index in [1.807, 2.05) is 49.4 Å². The van der Waals surface area contributed by atoms with E-state index in [1.54, 1.807) is 24.3 Å². The van der Waals surface area contributed by atoms with Gasteiger partial charge in [-0.15, -0.1) is 0 Å². The maximum absolute atomic E-state index is 12.6. The molecule has 0 fully saturated rings. The van der Waals surface area contributed by atoms with Crippen LogP contribution in [0.5, 0.6) is 11.6 Å². The van der Waals surface area contributed by atoms with Crippen LogP contribution in [-0.4, -0.2) is 27.5 Å². The van der Waals surface area contributed by atoms with Gasteiger partial charge in [-0.2, -0.15) is 5.10 Å². The number of rotatable bonds is 6. The van der Waals surface area contributed by atoms with Crippen LogP contribution in [0.25, 0.3) is 16.5 Å². The summed E-state index contributed by atoms with van der Waals surface area (Å²) in [6.45, 7) is 1.81. The van der Waals surface area contributed by atoms with E-state index < -0.39 is 17.1 Å². The van der Waals surface area contributed by atoms with E-state index in [0.717, 1.165) is 21.0 Å². The number of ether oxygens (including phenoxy) is 1. The topological polar surface area (TPSA) is 109 Å². The number of hydrogen-bond donors (Lipinski definition) is 3. The lowest BCUT2D eigenvalue weighted by Gasteiger charge is -2.13. The molecule has 0 aliphatic carbocycles. The summed E-state index contributed by atoms with van der Waals surface area (Å²) in [6.07, 6.45) is 0.342. The summed E-state index contributed by atoms with van der Waals surface area (Å²) < 4.78 is 6.16. The average Bonchev–Trinajstić information content (AvgIpc) is 2.81. The maximum atomic E-state index is 12.6. The van der Waals surface area contributed by atoms with Crippen LogP contribution in [-0.2, 0) is 0 Å². The van der Waals surface area contributed by atoms with Crippen LogP contribution in [0.2, 0.25) is 0 Å². The van der Waals surface area contributed by atoms with Gasteiger partial charge in [0.15, 0.2) is 0 Å². The third-order valence-corrected chi connectivity index (χ3v) is 5.14. The largest absolute Gasteiger partial charge is 0.497 e. The third-order valence-electron chi connectivity index (χ3n) is 5.14. The van der Waals surface area contributed by atoms with Crippen LogP contribution in [0.4, 0.5) is 5.69 Å². The number of fused-ring (bicyclic) bond motifs is 1. The zero-order valence-electron chi connectivity index (χ0n) is 17.6. The number of nitrogens with one attached hydrogen (secondary N) is 2. The summed E-state index contributed by atoms with van der Waals surface area (Å²) >= 11 is 0. The van der Waals surface area contributed by atoms with Crippen LogP contribution in [0.1, 0.15) is 18.9 Å². The summed E-state index contributed by atoms with van der Waals surface area (Å²) in [5, 5.41) is 17.3. The fraction of sp³-hybridized carbons (Fsp3) is 0.125. The quantitative estimate of drug-likeness (QED) is 0.320. The number of nitrogens with zero attached hydrogens (tertiary/aromatic N) is 2. The highest BCUT2D eigenvalue weighted by Gasteiger charge is 2.19. The smallest absolute Gasteiger partial charge is 0.335 e. The Morgan fingerprint density at radius 2 is 1.78 bits per heavy atom. The molecule has 0 saturated heterocycles. The van der Waals surface area contributed by atoms with Gasteiger partial charge in [0, 0.05) is 5.39 Å². The maximum Gasteiger partial charge on any atom is 0.335 e. The molecule has 0 radical (unpaired) electrons. The first-order chi connectivity index (χ1) is 15.5. The molecule has 32 heavy (non-hydrogen) atoms. The van der Waals surface area contributed by atoms with E-state index in [0.29, 0.717) is 23.6 Å². The fourth-order valence-corrected chi connectivity index (χ4v) is 3.52. The Bertz CT molecular complexity index is 1410. The second-order valence-corrected chi connectivity index (χ2v) is 7.04. The van der Waals surface area contributed by atoms with Crippen LogP contribution >= 0.6 is 0 Å². The predicted octanol–water partition coefficient (Wildman–Crippen LogP) is 3.62. The molecule has 0 saturated carbocycles. The molecule has 0 aliphatic heterocycles. The van der Waals surface area contributed by atoms with E-state index in [4.69, 9.17) is 4.74 Å². The lowest BCUT2D eigenvalue weighted by Crippen LogP contribution is -2.33. The van der Waals surface area contributed by atoms with E-state index in [9.17, 15) is 14.7 Å². The Kier molecular flexibility index (Phi) is 5.76. The minimum absolute atomic E-state index is 0.0735. The Morgan fingerprint density at radius 1 is 1.06 bits per heavy atom. The van der Waals surface area contributed by atoms with Crippen molar-refractivity contribution in [2.75, 3.05) is 12.5 Å². The van der Waals surface area contributed by atoms with Crippen LogP contribution in [0, 0.1) is 0 Å². The van der Waals surface area contributed by atoms with Crippen molar-refractivity contribution in [2.24, 2.45) is 5.10 Å². The van der Waals surface area contributed by atoms with Crippen molar-refractivity contribution in [1.29, 1.82) is 0 Å². The molecule has 0 aliphatic rings. The fourth-order valence-electron chi connectivity index (χ4n) is 3.52. The van der Waals surface area contributed by atoms with Crippen LogP contribution < -0.4 is 21.4 Å². The molecular formula is C24H22N4O4. The van der Waals surface area contributed by atoms with Gasteiger partial charge in [0.25, 0.3) is 5.56 Å². The highest BCUT2D eigenvalue weighted by atomic mass is 16.5. The molecule has 162 valence electrons. The zero-order valence-corrected chi connectivity index (χ0v) is 17.6. The minimum Gasteiger partial charge on any atom is -0.497 e. The normalized spacial score (nSPS) is 11.5. The molecule has 3 aromatic carbocycles. The Labute approximate surface area is 183 Å². The van der Waals surface area contributed by atoms with E-state index >= 15 is 0 Å². The SMILES string of the molecule is CC/C(=N\Nc1cccc2ccccc12)c1c(O)n(-c2ccc(OC)cc2)c(=O)[nH]c1=O. The Balaban J connectivity index is 1.80. The van der Waals surface area contributed by atoms with Crippen molar-refractivity contribution < 1.29 is 9.84 Å². The molecule has 4 rings (SSSR count). The molecular weight excluding hydrogens is 408 g/mol. The zero-order chi connectivity index (χ0) is 22.7. The van der Waals surface area contributed by atoms with Crippen LogP contribution in [0.3, 0.4) is 0 Å². The van der Waals surface area contributed by atoms with Gasteiger partial charge in [-0.1, -0.05) is 43.3 Å². The molecule has 0 spiro atoms. The van der Waals surface area contributed by atoms with E-state index in [-0.39, 0.29) is 5.56 Å². The number of benzene rings is 3. The van der Waals surface area contributed by atoms with Crippen molar-refractivity contribution in [3.8, 4) is 17.3 Å². The van der Waals surface area contributed by atoms with E-state index in [2.05, 4.69) is 15.5 Å². The summed E-state index contributed by atoms with van der Waals surface area (Å²) in [5.41, 5.74) is 2.91. The first-order valence-corrected chi connectivity index (χ1v) is 10.1. The summed E-state index contributed by atoms with van der Waals surface area (Å²) in [5.74, 6) is 0.116. The second-order valence-electron chi connectivity index (χ2n) is 7.04. The molecule has 8 heteroatoms. The highest BCUT2D eigenvalue weighted by molar-refractivity contribution is 6.03. The molecule has 0 bridgehead atoms.